The van der Waals surface area contributed by atoms with E-state index < -0.39 is 0 Å². The average molecular weight is 396 g/mol. The van der Waals surface area contributed by atoms with Crippen LogP contribution in [0.4, 0.5) is 0 Å². The van der Waals surface area contributed by atoms with Crippen molar-refractivity contribution in [3.05, 3.63) is 65.8 Å². The smallest absolute Gasteiger partial charge is 0.135 e. The second kappa shape index (κ2) is 6.15. The first kappa shape index (κ1) is 16.3. The molecule has 5 aromatic heterocycles. The normalized spacial score (nSPS) is 11.6. The van der Waals surface area contributed by atoms with Gasteiger partial charge in [-0.15, -0.1) is 11.3 Å². The van der Waals surface area contributed by atoms with Crippen molar-refractivity contribution >= 4 is 33.3 Å². The summed E-state index contributed by atoms with van der Waals surface area (Å²) in [5.41, 5.74) is 7.63. The first-order valence-electron chi connectivity index (χ1n) is 9.29. The number of H-pyrrole nitrogens is 3. The summed E-state index contributed by atoms with van der Waals surface area (Å²) in [6, 6.07) is 16.8. The van der Waals surface area contributed by atoms with Gasteiger partial charge in [0, 0.05) is 38.0 Å². The van der Waals surface area contributed by atoms with Gasteiger partial charge in [-0.1, -0.05) is 12.1 Å². The molecule has 0 fully saturated rings. The van der Waals surface area contributed by atoms with Gasteiger partial charge in [0.2, 0.25) is 0 Å². The maximum absolute atomic E-state index is 4.84. The Hall–Kier alpha value is -3.71. The van der Waals surface area contributed by atoms with Crippen LogP contribution in [-0.2, 0) is 0 Å². The molecule has 0 amide bonds. The molecule has 0 spiro atoms. The molecule has 7 heteroatoms. The molecule has 6 rings (SSSR count). The molecule has 0 aliphatic carbocycles. The summed E-state index contributed by atoms with van der Waals surface area (Å²) in [6.07, 6.45) is 3.61. The number of thiophene rings is 1. The summed E-state index contributed by atoms with van der Waals surface area (Å²) >= 11 is 1.81. The molecule has 3 N–H and O–H groups in total. The lowest BCUT2D eigenvalue weighted by molar-refractivity contribution is 1.09. The third-order valence-electron chi connectivity index (χ3n) is 5.13. The zero-order chi connectivity index (χ0) is 19.4. The molecule has 6 nitrogen and oxygen atoms in total. The van der Waals surface area contributed by atoms with Crippen molar-refractivity contribution in [2.45, 2.75) is 6.92 Å². The summed E-state index contributed by atoms with van der Waals surface area (Å²) < 4.78 is 0. The third kappa shape index (κ3) is 2.59. The molecular formula is C22H16N6S. The Morgan fingerprint density at radius 2 is 1.97 bits per heavy atom. The van der Waals surface area contributed by atoms with E-state index in [1.807, 2.05) is 29.7 Å². The minimum Gasteiger partial charge on any atom is -0.353 e. The van der Waals surface area contributed by atoms with Gasteiger partial charge in [-0.2, -0.15) is 10.2 Å². The van der Waals surface area contributed by atoms with E-state index in [4.69, 9.17) is 4.98 Å². The van der Waals surface area contributed by atoms with Gasteiger partial charge in [-0.25, -0.2) is 4.98 Å². The van der Waals surface area contributed by atoms with Crippen LogP contribution in [0.5, 0.6) is 0 Å². The fourth-order valence-corrected chi connectivity index (χ4v) is 4.62. The Kier molecular flexibility index (Phi) is 3.45. The van der Waals surface area contributed by atoms with Crippen LogP contribution in [0.3, 0.4) is 0 Å². The van der Waals surface area contributed by atoms with E-state index in [0.29, 0.717) is 0 Å². The summed E-state index contributed by atoms with van der Waals surface area (Å²) in [7, 11) is 0. The number of hydrogen-bond donors (Lipinski definition) is 3. The second-order valence-corrected chi connectivity index (χ2v) is 8.30. The van der Waals surface area contributed by atoms with Crippen LogP contribution in [0.25, 0.3) is 55.0 Å². The summed E-state index contributed by atoms with van der Waals surface area (Å²) in [4.78, 5) is 10.9. The largest absolute Gasteiger partial charge is 0.353 e. The van der Waals surface area contributed by atoms with Crippen LogP contribution in [0.2, 0.25) is 0 Å². The summed E-state index contributed by atoms with van der Waals surface area (Å²) in [5, 5.41) is 15.7. The number of nitrogens with zero attached hydrogens (tertiary/aromatic N) is 3. The Morgan fingerprint density at radius 3 is 2.79 bits per heavy atom. The van der Waals surface area contributed by atoms with Crippen LogP contribution >= 0.6 is 11.3 Å². The lowest BCUT2D eigenvalue weighted by Gasteiger charge is -1.99. The third-order valence-corrected chi connectivity index (χ3v) is 6.16. The SMILES string of the molecule is Cc1ccc(-c2cccc3[nH]c(-c4n[nH]c5ccc(-c6cn[nH]c6)nc45)cc23)s1. The fraction of sp³-hybridized carbons (Fsp3) is 0.0455. The molecule has 0 unspecified atom stereocenters. The van der Waals surface area contributed by atoms with E-state index in [9.17, 15) is 0 Å². The fourth-order valence-electron chi connectivity index (χ4n) is 3.72. The lowest BCUT2D eigenvalue weighted by Crippen LogP contribution is -1.84. The van der Waals surface area contributed by atoms with Crippen LogP contribution in [-0.4, -0.2) is 30.4 Å². The number of pyridine rings is 1. The Labute approximate surface area is 169 Å². The Morgan fingerprint density at radius 1 is 1.00 bits per heavy atom. The van der Waals surface area contributed by atoms with Crippen molar-refractivity contribution in [1.82, 2.24) is 30.4 Å². The predicted molar refractivity (Wildman–Crippen MR) is 117 cm³/mol. The molecule has 0 saturated carbocycles. The van der Waals surface area contributed by atoms with Gasteiger partial charge >= 0.3 is 0 Å². The molecule has 0 aliphatic rings. The predicted octanol–water partition coefficient (Wildman–Crippen LogP) is 5.53. The van der Waals surface area contributed by atoms with Crippen LogP contribution in [0, 0.1) is 6.92 Å². The van der Waals surface area contributed by atoms with Gasteiger partial charge in [0.1, 0.15) is 11.2 Å². The van der Waals surface area contributed by atoms with Crippen molar-refractivity contribution in [2.75, 3.05) is 0 Å². The topological polar surface area (TPSA) is 86.0 Å². The molecule has 0 radical (unpaired) electrons. The van der Waals surface area contributed by atoms with Crippen LogP contribution in [0.1, 0.15) is 4.88 Å². The highest BCUT2D eigenvalue weighted by molar-refractivity contribution is 7.15. The molecule has 29 heavy (non-hydrogen) atoms. The lowest BCUT2D eigenvalue weighted by atomic mass is 10.1. The monoisotopic (exact) mass is 396 g/mol. The number of aryl methyl sites for hydroxylation is 1. The average Bonchev–Trinajstić information content (AvgIpc) is 3.51. The minimum atomic E-state index is 0.815. The number of fused-ring (bicyclic) bond motifs is 2. The molecule has 0 saturated heterocycles. The van der Waals surface area contributed by atoms with E-state index >= 15 is 0 Å². The van der Waals surface area contributed by atoms with Crippen molar-refractivity contribution in [1.29, 1.82) is 0 Å². The van der Waals surface area contributed by atoms with Crippen molar-refractivity contribution in [3.8, 4) is 33.1 Å². The molecule has 0 bridgehead atoms. The van der Waals surface area contributed by atoms with E-state index in [1.54, 1.807) is 6.20 Å². The quantitative estimate of drug-likeness (QED) is 0.367. The van der Waals surface area contributed by atoms with E-state index in [2.05, 4.69) is 68.7 Å². The maximum atomic E-state index is 4.84. The molecule has 6 aromatic rings. The summed E-state index contributed by atoms with van der Waals surface area (Å²) in [5.74, 6) is 0. The second-order valence-electron chi connectivity index (χ2n) is 7.01. The zero-order valence-electron chi connectivity index (χ0n) is 15.5. The molecule has 0 aliphatic heterocycles. The van der Waals surface area contributed by atoms with Crippen LogP contribution in [0.15, 0.2) is 60.9 Å². The first-order chi connectivity index (χ1) is 14.3. The zero-order valence-corrected chi connectivity index (χ0v) is 16.3. The van der Waals surface area contributed by atoms with Crippen molar-refractivity contribution < 1.29 is 0 Å². The van der Waals surface area contributed by atoms with Gasteiger partial charge in [-0.3, -0.25) is 10.2 Å². The molecule has 140 valence electrons. The number of rotatable bonds is 3. The molecule has 5 heterocycles. The number of aromatic nitrogens is 6. The number of aromatic amines is 3. The number of hydrogen-bond acceptors (Lipinski definition) is 4. The standard InChI is InChI=1S/C22H16N6S/c1-12-5-8-20(29-12)14-3-2-4-17-15(14)9-19(25-17)22-21-18(27-28-22)7-6-16(26-21)13-10-23-24-11-13/h2-11,25H,1H3,(H,23,24)(H,27,28). The molecule has 1 aromatic carbocycles. The highest BCUT2D eigenvalue weighted by Gasteiger charge is 2.15. The van der Waals surface area contributed by atoms with E-state index in [0.717, 1.165) is 39.2 Å². The molecular weight excluding hydrogens is 380 g/mol. The van der Waals surface area contributed by atoms with Crippen LogP contribution < -0.4 is 0 Å². The maximum Gasteiger partial charge on any atom is 0.135 e. The van der Waals surface area contributed by atoms with Gasteiger partial charge in [-0.05, 0) is 43.3 Å². The number of benzene rings is 1. The Balaban J connectivity index is 1.53. The highest BCUT2D eigenvalue weighted by atomic mass is 32.1. The highest BCUT2D eigenvalue weighted by Crippen LogP contribution is 2.36. The number of nitrogens with one attached hydrogen (secondary N) is 3. The van der Waals surface area contributed by atoms with Crippen molar-refractivity contribution in [2.24, 2.45) is 0 Å². The van der Waals surface area contributed by atoms with Gasteiger partial charge in [0.25, 0.3) is 0 Å². The molecule has 0 atom stereocenters. The Bertz CT molecular complexity index is 1470. The van der Waals surface area contributed by atoms with Gasteiger partial charge in [0.15, 0.2) is 0 Å². The van der Waals surface area contributed by atoms with Gasteiger partial charge < -0.3 is 4.98 Å². The summed E-state index contributed by atoms with van der Waals surface area (Å²) in [6.45, 7) is 2.13. The van der Waals surface area contributed by atoms with E-state index in [-0.39, 0.29) is 0 Å². The minimum absolute atomic E-state index is 0.815. The van der Waals surface area contributed by atoms with Gasteiger partial charge in [0.05, 0.1) is 23.1 Å². The first-order valence-corrected chi connectivity index (χ1v) is 10.1. The van der Waals surface area contributed by atoms with E-state index in [1.165, 1.54) is 20.7 Å². The van der Waals surface area contributed by atoms with Crippen molar-refractivity contribution in [3.63, 3.8) is 0 Å².